The molecule has 0 saturated carbocycles. The number of hydrogen-bond acceptors (Lipinski definition) is 9. The number of nitrogens with zero attached hydrogens (tertiary/aromatic N) is 4. The van der Waals surface area contributed by atoms with E-state index >= 15 is 0 Å². The Bertz CT molecular complexity index is 1000. The van der Waals surface area contributed by atoms with Crippen LogP contribution in [0, 0.1) is 0 Å². The second-order valence-corrected chi connectivity index (χ2v) is 11.1. The number of thioether (sulfide) groups is 1. The molecular weight excluding hydrogens is 450 g/mol. The molecular formula is C21H25N5O2S3. The zero-order valence-corrected chi connectivity index (χ0v) is 19.6. The number of aromatic nitrogens is 3. The van der Waals surface area contributed by atoms with Crippen molar-refractivity contribution >= 4 is 55.7 Å². The molecule has 0 unspecified atom stereocenters. The lowest BCUT2D eigenvalue weighted by atomic mass is 9.99. The summed E-state index contributed by atoms with van der Waals surface area (Å²) >= 11 is 4.73. The maximum Gasteiger partial charge on any atom is 0.233 e. The van der Waals surface area contributed by atoms with E-state index < -0.39 is 0 Å². The Labute approximate surface area is 193 Å². The highest BCUT2D eigenvalue weighted by Crippen LogP contribution is 2.33. The van der Waals surface area contributed by atoms with Gasteiger partial charge in [0.2, 0.25) is 11.0 Å². The number of carbonyl (C=O) groups excluding carboxylic acids is 1. The summed E-state index contributed by atoms with van der Waals surface area (Å²) in [5, 5.41) is 13.6. The van der Waals surface area contributed by atoms with Gasteiger partial charge in [-0.15, -0.1) is 21.5 Å². The number of nitrogens with one attached hydrogen (secondary N) is 1. The van der Waals surface area contributed by atoms with Crippen LogP contribution in [0.2, 0.25) is 0 Å². The van der Waals surface area contributed by atoms with Gasteiger partial charge in [0.05, 0.1) is 27.1 Å². The van der Waals surface area contributed by atoms with Crippen LogP contribution in [0.3, 0.4) is 0 Å². The van der Waals surface area contributed by atoms with Crippen LogP contribution in [0.5, 0.6) is 0 Å². The average Bonchev–Trinajstić information content (AvgIpc) is 3.56. The number of ether oxygens (including phenoxy) is 1. The molecule has 2 aromatic heterocycles. The molecule has 1 N–H and O–H groups in total. The zero-order chi connectivity index (χ0) is 21.0. The van der Waals surface area contributed by atoms with Crippen molar-refractivity contribution in [3.05, 3.63) is 29.3 Å². The topological polar surface area (TPSA) is 80.2 Å². The summed E-state index contributed by atoms with van der Waals surface area (Å²) in [6, 6.07) is 8.25. The van der Waals surface area contributed by atoms with Crippen molar-refractivity contribution in [2.24, 2.45) is 0 Å². The molecule has 1 aromatic carbocycles. The van der Waals surface area contributed by atoms with Crippen molar-refractivity contribution in [1.29, 1.82) is 0 Å². The number of hydrogen-bond donors (Lipinski definition) is 1. The van der Waals surface area contributed by atoms with Gasteiger partial charge >= 0.3 is 0 Å². The van der Waals surface area contributed by atoms with Gasteiger partial charge in [0.25, 0.3) is 0 Å². The van der Waals surface area contributed by atoms with E-state index in [-0.39, 0.29) is 12.0 Å². The molecule has 31 heavy (non-hydrogen) atoms. The van der Waals surface area contributed by atoms with Crippen LogP contribution < -0.4 is 5.32 Å². The predicted molar refractivity (Wildman–Crippen MR) is 126 cm³/mol. The highest BCUT2D eigenvalue weighted by molar-refractivity contribution is 8.01. The number of para-hydroxylation sites is 1. The Balaban J connectivity index is 1.12. The lowest BCUT2D eigenvalue weighted by Gasteiger charge is -2.31. The molecule has 164 valence electrons. The minimum absolute atomic E-state index is 0.167. The highest BCUT2D eigenvalue weighted by Gasteiger charge is 2.27. The van der Waals surface area contributed by atoms with E-state index in [2.05, 4.69) is 33.7 Å². The van der Waals surface area contributed by atoms with Crippen LogP contribution in [-0.2, 0) is 9.53 Å². The van der Waals surface area contributed by atoms with Gasteiger partial charge in [-0.25, -0.2) is 4.98 Å². The van der Waals surface area contributed by atoms with Gasteiger partial charge in [0, 0.05) is 32.2 Å². The quantitative estimate of drug-likeness (QED) is 0.512. The standard InChI is InChI=1S/C21H25N5O2S3/c27-18(13-29-21-25-24-20(31-21)22-11-15-6-4-10-28-15)26-9-3-5-14(12-26)19-23-16-7-1-2-8-17(16)30-19/h1-2,7-8,14-15H,3-6,9-13H2,(H,22,24)/t14-,15-/m0/s1. The second kappa shape index (κ2) is 9.81. The first kappa shape index (κ1) is 21.1. The third-order valence-electron chi connectivity index (χ3n) is 5.66. The summed E-state index contributed by atoms with van der Waals surface area (Å²) < 4.78 is 7.66. The van der Waals surface area contributed by atoms with Gasteiger partial charge in [-0.3, -0.25) is 4.79 Å². The fraction of sp³-hybridized carbons (Fsp3) is 0.524. The Morgan fingerprint density at radius 3 is 3.03 bits per heavy atom. The SMILES string of the molecule is O=C(CSc1nnc(NC[C@@H]2CCCO2)s1)N1CCC[C@H](c2nc3ccccc3s2)C1. The van der Waals surface area contributed by atoms with Gasteiger partial charge in [0.15, 0.2) is 4.34 Å². The van der Waals surface area contributed by atoms with Crippen LogP contribution >= 0.6 is 34.4 Å². The lowest BCUT2D eigenvalue weighted by Crippen LogP contribution is -2.40. The summed E-state index contributed by atoms with van der Waals surface area (Å²) in [4.78, 5) is 19.6. The Morgan fingerprint density at radius 2 is 2.16 bits per heavy atom. The molecule has 5 rings (SSSR count). The zero-order valence-electron chi connectivity index (χ0n) is 17.2. The molecule has 0 radical (unpaired) electrons. The Morgan fingerprint density at radius 1 is 1.23 bits per heavy atom. The van der Waals surface area contributed by atoms with E-state index in [1.165, 1.54) is 27.8 Å². The van der Waals surface area contributed by atoms with E-state index in [4.69, 9.17) is 9.72 Å². The number of likely N-dealkylation sites (tertiary alicyclic amines) is 1. The number of amides is 1. The maximum atomic E-state index is 12.8. The molecule has 2 aliphatic heterocycles. The first-order chi connectivity index (χ1) is 15.2. The van der Waals surface area contributed by atoms with E-state index in [1.54, 1.807) is 11.3 Å². The molecule has 3 aromatic rings. The van der Waals surface area contributed by atoms with Crippen LogP contribution in [0.1, 0.15) is 36.6 Å². The number of carbonyl (C=O) groups is 1. The summed E-state index contributed by atoms with van der Waals surface area (Å²) in [7, 11) is 0. The highest BCUT2D eigenvalue weighted by atomic mass is 32.2. The van der Waals surface area contributed by atoms with Gasteiger partial charge < -0.3 is 15.0 Å². The third-order valence-corrected chi connectivity index (χ3v) is 8.86. The summed E-state index contributed by atoms with van der Waals surface area (Å²) in [6.45, 7) is 3.19. The molecule has 2 aliphatic rings. The Hall–Kier alpha value is -1.75. The number of benzene rings is 1. The lowest BCUT2D eigenvalue weighted by molar-refractivity contribution is -0.129. The maximum absolute atomic E-state index is 12.8. The largest absolute Gasteiger partial charge is 0.376 e. The average molecular weight is 476 g/mol. The van der Waals surface area contributed by atoms with E-state index in [1.807, 2.05) is 11.0 Å². The van der Waals surface area contributed by atoms with Crippen LogP contribution in [0.4, 0.5) is 5.13 Å². The number of fused-ring (bicyclic) bond motifs is 1. The number of thiazole rings is 1. The molecule has 2 atom stereocenters. The van der Waals surface area contributed by atoms with Crippen molar-refractivity contribution in [2.75, 3.05) is 37.3 Å². The monoisotopic (exact) mass is 475 g/mol. The van der Waals surface area contributed by atoms with E-state index in [0.717, 1.165) is 71.9 Å². The fourth-order valence-corrected chi connectivity index (χ4v) is 6.79. The van der Waals surface area contributed by atoms with Crippen LogP contribution in [0.25, 0.3) is 10.2 Å². The minimum atomic E-state index is 0.167. The van der Waals surface area contributed by atoms with Crippen molar-refractivity contribution < 1.29 is 9.53 Å². The molecule has 10 heteroatoms. The molecule has 2 saturated heterocycles. The summed E-state index contributed by atoms with van der Waals surface area (Å²) in [5.74, 6) is 0.891. The molecule has 4 heterocycles. The minimum Gasteiger partial charge on any atom is -0.376 e. The van der Waals surface area contributed by atoms with E-state index in [9.17, 15) is 4.79 Å². The van der Waals surface area contributed by atoms with Crippen LogP contribution in [0.15, 0.2) is 28.6 Å². The molecule has 1 amide bonds. The smallest absolute Gasteiger partial charge is 0.233 e. The third kappa shape index (κ3) is 5.19. The second-order valence-electron chi connectivity index (χ2n) is 7.88. The van der Waals surface area contributed by atoms with Gasteiger partial charge in [0.1, 0.15) is 0 Å². The molecule has 0 bridgehead atoms. The number of piperidine rings is 1. The van der Waals surface area contributed by atoms with Crippen LogP contribution in [-0.4, -0.2) is 64.1 Å². The van der Waals surface area contributed by atoms with Gasteiger partial charge in [-0.1, -0.05) is 35.2 Å². The molecule has 0 spiro atoms. The van der Waals surface area contributed by atoms with Gasteiger partial charge in [-0.2, -0.15) is 0 Å². The molecule has 0 aliphatic carbocycles. The fourth-order valence-electron chi connectivity index (χ4n) is 4.03. The predicted octanol–water partition coefficient (Wildman–Crippen LogP) is 4.24. The first-order valence-corrected chi connectivity index (χ1v) is 13.3. The number of rotatable bonds is 7. The normalized spacial score (nSPS) is 21.6. The van der Waals surface area contributed by atoms with Crippen molar-refractivity contribution in [2.45, 2.75) is 42.0 Å². The summed E-state index contributed by atoms with van der Waals surface area (Å²) in [5.41, 5.74) is 1.06. The molecule has 7 nitrogen and oxygen atoms in total. The van der Waals surface area contributed by atoms with Crippen molar-refractivity contribution in [3.8, 4) is 0 Å². The van der Waals surface area contributed by atoms with Crippen molar-refractivity contribution in [3.63, 3.8) is 0 Å². The Kier molecular flexibility index (Phi) is 6.68. The summed E-state index contributed by atoms with van der Waals surface area (Å²) in [6.07, 6.45) is 4.60. The number of anilines is 1. The molecule has 2 fully saturated rings. The first-order valence-electron chi connectivity index (χ1n) is 10.7. The van der Waals surface area contributed by atoms with Crippen molar-refractivity contribution in [1.82, 2.24) is 20.1 Å². The van der Waals surface area contributed by atoms with E-state index in [0.29, 0.717) is 11.7 Å². The van der Waals surface area contributed by atoms with Gasteiger partial charge in [-0.05, 0) is 37.8 Å².